The van der Waals surface area contributed by atoms with Crippen LogP contribution in [0.2, 0.25) is 0 Å². The van der Waals surface area contributed by atoms with Gasteiger partial charge in [-0.25, -0.2) is 9.97 Å². The topological polar surface area (TPSA) is 56.7 Å². The van der Waals surface area contributed by atoms with E-state index in [1.165, 1.54) is 5.56 Å². The van der Waals surface area contributed by atoms with Crippen LogP contribution in [0.5, 0.6) is 23.1 Å². The Morgan fingerprint density at radius 1 is 0.935 bits per heavy atom. The third-order valence-electron chi connectivity index (χ3n) is 5.62. The van der Waals surface area contributed by atoms with Gasteiger partial charge < -0.3 is 19.1 Å². The van der Waals surface area contributed by atoms with Gasteiger partial charge in [0.1, 0.15) is 28.5 Å². The van der Waals surface area contributed by atoms with Crippen LogP contribution in [-0.4, -0.2) is 30.7 Å². The maximum absolute atomic E-state index is 6.15. The van der Waals surface area contributed by atoms with E-state index < -0.39 is 0 Å². The van der Waals surface area contributed by atoms with Gasteiger partial charge in [-0.15, -0.1) is 0 Å². The van der Waals surface area contributed by atoms with Crippen molar-refractivity contribution in [3.05, 3.63) is 72.1 Å². The second-order valence-corrected chi connectivity index (χ2v) is 7.39. The Bertz CT molecular complexity index is 1260. The average Bonchev–Trinajstić information content (AvgIpc) is 3.26. The highest BCUT2D eigenvalue weighted by molar-refractivity contribution is 6.01. The number of methoxy groups -OCH3 is 2. The van der Waals surface area contributed by atoms with E-state index in [-0.39, 0.29) is 0 Å². The number of aromatic nitrogens is 2. The molecule has 156 valence electrons. The molecular weight excluding hydrogens is 390 g/mol. The molecule has 2 aromatic heterocycles. The van der Waals surface area contributed by atoms with Gasteiger partial charge in [-0.05, 0) is 49.2 Å². The number of anilines is 2. The summed E-state index contributed by atoms with van der Waals surface area (Å²) in [6, 6.07) is 17.6. The lowest BCUT2D eigenvalue weighted by atomic mass is 10.1. The zero-order valence-electron chi connectivity index (χ0n) is 17.8. The Kier molecular flexibility index (Phi) is 4.82. The van der Waals surface area contributed by atoms with Gasteiger partial charge in [0.25, 0.3) is 0 Å². The first-order chi connectivity index (χ1) is 15.2. The number of rotatable bonds is 5. The molecule has 0 saturated carbocycles. The molecule has 4 aromatic rings. The van der Waals surface area contributed by atoms with E-state index in [0.29, 0.717) is 11.6 Å². The zero-order chi connectivity index (χ0) is 21.4. The van der Waals surface area contributed by atoms with E-state index >= 15 is 0 Å². The van der Waals surface area contributed by atoms with E-state index in [9.17, 15) is 0 Å². The molecule has 0 saturated heterocycles. The van der Waals surface area contributed by atoms with Crippen molar-refractivity contribution in [2.45, 2.75) is 13.3 Å². The van der Waals surface area contributed by atoms with Gasteiger partial charge in [-0.1, -0.05) is 18.2 Å². The van der Waals surface area contributed by atoms with Gasteiger partial charge in [0.05, 0.1) is 19.9 Å². The first kappa shape index (κ1) is 19.2. The summed E-state index contributed by atoms with van der Waals surface area (Å²) in [6.45, 7) is 2.86. The minimum atomic E-state index is 0.569. The molecule has 0 radical (unpaired) electrons. The molecule has 0 fully saturated rings. The number of hydrogen-bond donors (Lipinski definition) is 0. The first-order valence-corrected chi connectivity index (χ1v) is 10.2. The molecule has 5 rings (SSSR count). The fourth-order valence-electron chi connectivity index (χ4n) is 4.17. The third kappa shape index (κ3) is 3.30. The molecule has 3 heterocycles. The Morgan fingerprint density at radius 3 is 2.55 bits per heavy atom. The fraction of sp³-hybridized carbons (Fsp3) is 0.200. The van der Waals surface area contributed by atoms with E-state index in [4.69, 9.17) is 19.2 Å². The number of benzene rings is 2. The molecule has 0 unspecified atom stereocenters. The Hall–Kier alpha value is -3.80. The molecule has 1 aliphatic rings. The monoisotopic (exact) mass is 413 g/mol. The van der Waals surface area contributed by atoms with Gasteiger partial charge in [-0.3, -0.25) is 0 Å². The van der Waals surface area contributed by atoms with Gasteiger partial charge in [0.2, 0.25) is 5.88 Å². The Morgan fingerprint density at radius 2 is 1.77 bits per heavy atom. The summed E-state index contributed by atoms with van der Waals surface area (Å²) in [5.74, 6) is 2.75. The normalized spacial score (nSPS) is 12.7. The maximum atomic E-state index is 6.15. The highest BCUT2D eigenvalue weighted by atomic mass is 16.5. The van der Waals surface area contributed by atoms with Crippen LogP contribution in [0.3, 0.4) is 0 Å². The summed E-state index contributed by atoms with van der Waals surface area (Å²) in [5.41, 5.74) is 5.06. The van der Waals surface area contributed by atoms with Gasteiger partial charge in [0.15, 0.2) is 0 Å². The number of fused-ring (bicyclic) bond motifs is 3. The number of pyridine rings is 2. The number of aryl methyl sites for hydroxylation is 1. The molecule has 0 spiro atoms. The second-order valence-electron chi connectivity index (χ2n) is 7.39. The van der Waals surface area contributed by atoms with E-state index in [0.717, 1.165) is 52.4 Å². The van der Waals surface area contributed by atoms with Crippen LogP contribution in [0.1, 0.15) is 11.3 Å². The summed E-state index contributed by atoms with van der Waals surface area (Å²) in [7, 11) is 3.32. The predicted molar refractivity (Wildman–Crippen MR) is 121 cm³/mol. The van der Waals surface area contributed by atoms with Crippen LogP contribution < -0.4 is 19.1 Å². The Labute approximate surface area is 181 Å². The van der Waals surface area contributed by atoms with Crippen molar-refractivity contribution in [2.75, 3.05) is 25.7 Å². The summed E-state index contributed by atoms with van der Waals surface area (Å²) < 4.78 is 17.3. The molecule has 0 amide bonds. The molecule has 0 bridgehead atoms. The number of hydrogen-bond acceptors (Lipinski definition) is 6. The largest absolute Gasteiger partial charge is 0.497 e. The summed E-state index contributed by atoms with van der Waals surface area (Å²) in [5, 5.41) is 0.990. The standard InChI is InChI=1S/C25H23N3O3/c1-16-19-11-13-28(21-10-7-12-26-25(21)31-17-8-5-4-6-9-17)24(19)20-14-18(29-2)15-22(30-3)23(20)27-16/h4-10,12,14-15H,11,13H2,1-3H3. The van der Waals surface area contributed by atoms with Crippen molar-refractivity contribution in [1.29, 1.82) is 0 Å². The smallest absolute Gasteiger partial charge is 0.243 e. The van der Waals surface area contributed by atoms with Crippen molar-refractivity contribution in [3.63, 3.8) is 0 Å². The van der Waals surface area contributed by atoms with Crippen LogP contribution >= 0.6 is 0 Å². The lowest BCUT2D eigenvalue weighted by Crippen LogP contribution is -2.15. The first-order valence-electron chi connectivity index (χ1n) is 10.2. The van der Waals surface area contributed by atoms with Gasteiger partial charge in [0, 0.05) is 29.9 Å². The molecule has 2 aromatic carbocycles. The molecule has 6 nitrogen and oxygen atoms in total. The number of nitrogens with zero attached hydrogens (tertiary/aromatic N) is 3. The van der Waals surface area contributed by atoms with Crippen LogP contribution in [0.15, 0.2) is 60.8 Å². The highest BCUT2D eigenvalue weighted by Crippen LogP contribution is 2.46. The Balaban J connectivity index is 1.69. The second kappa shape index (κ2) is 7.80. The summed E-state index contributed by atoms with van der Waals surface area (Å²) in [6.07, 6.45) is 2.64. The number of para-hydroxylation sites is 1. The highest BCUT2D eigenvalue weighted by Gasteiger charge is 2.29. The molecule has 31 heavy (non-hydrogen) atoms. The fourth-order valence-corrected chi connectivity index (χ4v) is 4.17. The molecular formula is C25H23N3O3. The average molecular weight is 413 g/mol. The third-order valence-corrected chi connectivity index (χ3v) is 5.62. The van der Waals surface area contributed by atoms with Gasteiger partial charge in [-0.2, -0.15) is 0 Å². The SMILES string of the molecule is COc1cc(OC)c2nc(C)c3c(c2c1)N(c1cccnc1Oc1ccccc1)CC3. The van der Waals surface area contributed by atoms with Crippen molar-refractivity contribution in [3.8, 4) is 23.1 Å². The van der Waals surface area contributed by atoms with E-state index in [2.05, 4.69) is 16.8 Å². The van der Waals surface area contributed by atoms with Crippen molar-refractivity contribution >= 4 is 22.3 Å². The van der Waals surface area contributed by atoms with E-state index in [1.807, 2.05) is 54.6 Å². The molecule has 0 atom stereocenters. The van der Waals surface area contributed by atoms with Crippen molar-refractivity contribution in [1.82, 2.24) is 9.97 Å². The molecule has 6 heteroatoms. The zero-order valence-corrected chi connectivity index (χ0v) is 17.8. The minimum Gasteiger partial charge on any atom is -0.497 e. The van der Waals surface area contributed by atoms with Crippen LogP contribution in [0.4, 0.5) is 11.4 Å². The lowest BCUT2D eigenvalue weighted by molar-refractivity contribution is 0.397. The van der Waals surface area contributed by atoms with Crippen LogP contribution in [0.25, 0.3) is 10.9 Å². The quantitative estimate of drug-likeness (QED) is 0.434. The predicted octanol–water partition coefficient (Wildman–Crippen LogP) is 5.44. The number of ether oxygens (including phenoxy) is 3. The summed E-state index contributed by atoms with van der Waals surface area (Å²) >= 11 is 0. The molecule has 0 N–H and O–H groups in total. The van der Waals surface area contributed by atoms with Crippen molar-refractivity contribution < 1.29 is 14.2 Å². The van der Waals surface area contributed by atoms with Crippen LogP contribution in [-0.2, 0) is 6.42 Å². The maximum Gasteiger partial charge on any atom is 0.243 e. The minimum absolute atomic E-state index is 0.569. The lowest BCUT2D eigenvalue weighted by Gasteiger charge is -2.24. The molecule has 0 aliphatic carbocycles. The molecule has 1 aliphatic heterocycles. The van der Waals surface area contributed by atoms with Crippen LogP contribution in [0, 0.1) is 6.92 Å². The summed E-state index contributed by atoms with van der Waals surface area (Å²) in [4.78, 5) is 11.7. The van der Waals surface area contributed by atoms with Crippen molar-refractivity contribution in [2.24, 2.45) is 0 Å². The van der Waals surface area contributed by atoms with E-state index in [1.54, 1.807) is 20.4 Å². The van der Waals surface area contributed by atoms with Gasteiger partial charge >= 0.3 is 0 Å².